The molecule has 1 aromatic heterocycles. The third-order valence-electron chi connectivity index (χ3n) is 3.76. The van der Waals surface area contributed by atoms with Gasteiger partial charge in [-0.1, -0.05) is 12.1 Å². The van der Waals surface area contributed by atoms with Gasteiger partial charge in [-0.15, -0.1) is 0 Å². The quantitative estimate of drug-likeness (QED) is 0.925. The van der Waals surface area contributed by atoms with Crippen molar-refractivity contribution in [2.45, 2.75) is 23.0 Å². The fourth-order valence-corrected chi connectivity index (χ4v) is 4.19. The van der Waals surface area contributed by atoms with E-state index in [1.54, 1.807) is 30.5 Å². The number of ether oxygens (including phenoxy) is 1. The summed E-state index contributed by atoms with van der Waals surface area (Å²) in [5, 5.41) is -0.358. The van der Waals surface area contributed by atoms with E-state index in [4.69, 9.17) is 10.5 Å². The fourth-order valence-electron chi connectivity index (χ4n) is 2.48. The van der Waals surface area contributed by atoms with Crippen LogP contribution in [0.5, 0.6) is 0 Å². The van der Waals surface area contributed by atoms with Gasteiger partial charge in [0.25, 0.3) is 0 Å². The Morgan fingerprint density at radius 1 is 1.05 bits per heavy atom. The van der Waals surface area contributed by atoms with E-state index in [-0.39, 0.29) is 5.25 Å². The van der Waals surface area contributed by atoms with Gasteiger partial charge >= 0.3 is 0 Å². The van der Waals surface area contributed by atoms with Gasteiger partial charge in [0.05, 0.1) is 28.2 Å². The molecule has 0 saturated carbocycles. The first kappa shape index (κ1) is 14.9. The molecule has 1 fully saturated rings. The molecule has 1 aliphatic heterocycles. The van der Waals surface area contributed by atoms with E-state index in [1.165, 1.54) is 6.20 Å². The molecule has 1 aromatic carbocycles. The molecule has 0 radical (unpaired) electrons. The van der Waals surface area contributed by atoms with Crippen molar-refractivity contribution in [1.29, 1.82) is 0 Å². The van der Waals surface area contributed by atoms with Gasteiger partial charge in [0.1, 0.15) is 5.82 Å². The Hall–Kier alpha value is -1.99. The summed E-state index contributed by atoms with van der Waals surface area (Å²) in [6, 6.07) is 6.73. The van der Waals surface area contributed by atoms with Gasteiger partial charge in [-0.2, -0.15) is 0 Å². The molecule has 0 atom stereocenters. The Bertz CT molecular complexity index is 737. The van der Waals surface area contributed by atoms with Gasteiger partial charge in [-0.25, -0.2) is 13.4 Å². The van der Waals surface area contributed by atoms with Gasteiger partial charge in [0, 0.05) is 18.8 Å². The van der Waals surface area contributed by atoms with Crippen molar-refractivity contribution in [3.05, 3.63) is 36.7 Å². The molecule has 2 heterocycles. The van der Waals surface area contributed by atoms with E-state index in [0.717, 1.165) is 5.56 Å². The van der Waals surface area contributed by atoms with Crippen LogP contribution in [0.25, 0.3) is 11.3 Å². The number of hydrogen-bond acceptors (Lipinski definition) is 6. The van der Waals surface area contributed by atoms with Crippen molar-refractivity contribution in [1.82, 2.24) is 9.97 Å². The number of benzene rings is 1. The smallest absolute Gasteiger partial charge is 0.181 e. The summed E-state index contributed by atoms with van der Waals surface area (Å²) in [6.45, 7) is 1.01. The Morgan fingerprint density at radius 2 is 1.73 bits per heavy atom. The van der Waals surface area contributed by atoms with E-state index in [0.29, 0.717) is 42.5 Å². The molecule has 1 aliphatic rings. The van der Waals surface area contributed by atoms with Crippen molar-refractivity contribution in [2.24, 2.45) is 0 Å². The molecule has 0 spiro atoms. The number of nitrogens with zero attached hydrogens (tertiary/aromatic N) is 2. The minimum Gasteiger partial charge on any atom is -0.382 e. The zero-order valence-corrected chi connectivity index (χ0v) is 12.8. The van der Waals surface area contributed by atoms with Crippen LogP contribution >= 0.6 is 0 Å². The minimum absolute atomic E-state index is 0.339. The molecular weight excluding hydrogens is 302 g/mol. The average Bonchev–Trinajstić information content (AvgIpc) is 2.56. The van der Waals surface area contributed by atoms with Gasteiger partial charge in [-0.05, 0) is 25.0 Å². The largest absolute Gasteiger partial charge is 0.382 e. The van der Waals surface area contributed by atoms with Crippen molar-refractivity contribution in [3.8, 4) is 11.3 Å². The number of hydrogen-bond donors (Lipinski definition) is 1. The predicted molar refractivity (Wildman–Crippen MR) is 82.9 cm³/mol. The van der Waals surface area contributed by atoms with Crippen molar-refractivity contribution < 1.29 is 13.2 Å². The first-order chi connectivity index (χ1) is 10.6. The lowest BCUT2D eigenvalue weighted by atomic mass is 10.2. The van der Waals surface area contributed by atoms with Crippen LogP contribution in [-0.4, -0.2) is 36.8 Å². The average molecular weight is 319 g/mol. The molecule has 0 aliphatic carbocycles. The summed E-state index contributed by atoms with van der Waals surface area (Å²) >= 11 is 0. The second-order valence-electron chi connectivity index (χ2n) is 5.21. The molecular formula is C15H17N3O3S. The molecule has 0 amide bonds. The lowest BCUT2D eigenvalue weighted by molar-refractivity contribution is 0.0983. The van der Waals surface area contributed by atoms with Crippen LogP contribution in [-0.2, 0) is 14.6 Å². The summed E-state index contributed by atoms with van der Waals surface area (Å²) < 4.78 is 30.4. The second kappa shape index (κ2) is 6.02. The number of sulfone groups is 1. The van der Waals surface area contributed by atoms with Gasteiger partial charge < -0.3 is 10.5 Å². The maximum absolute atomic E-state index is 12.6. The molecule has 3 rings (SSSR count). The molecule has 1 saturated heterocycles. The molecule has 2 N–H and O–H groups in total. The number of aromatic nitrogens is 2. The van der Waals surface area contributed by atoms with E-state index in [9.17, 15) is 8.42 Å². The SMILES string of the molecule is Nc1cnc(-c2ccc(S(=O)(=O)C3CCOCC3)cc2)cn1. The molecule has 2 aromatic rings. The maximum Gasteiger partial charge on any atom is 0.181 e. The Labute approximate surface area is 129 Å². The van der Waals surface area contributed by atoms with E-state index >= 15 is 0 Å². The Balaban J connectivity index is 1.86. The summed E-state index contributed by atoms with van der Waals surface area (Å²) in [5.41, 5.74) is 6.97. The van der Waals surface area contributed by atoms with Gasteiger partial charge in [-0.3, -0.25) is 4.98 Å². The zero-order valence-electron chi connectivity index (χ0n) is 12.0. The Kier molecular flexibility index (Phi) is 4.08. The highest BCUT2D eigenvalue weighted by Gasteiger charge is 2.29. The minimum atomic E-state index is -3.30. The molecule has 0 unspecified atom stereocenters. The van der Waals surface area contributed by atoms with Crippen LogP contribution in [0.2, 0.25) is 0 Å². The molecule has 7 heteroatoms. The predicted octanol–water partition coefficient (Wildman–Crippen LogP) is 1.68. The molecule has 0 bridgehead atoms. The number of rotatable bonds is 3. The summed E-state index contributed by atoms with van der Waals surface area (Å²) in [7, 11) is -3.30. The third kappa shape index (κ3) is 2.95. The van der Waals surface area contributed by atoms with E-state index < -0.39 is 9.84 Å². The van der Waals surface area contributed by atoms with Gasteiger partial charge in [0.2, 0.25) is 0 Å². The van der Waals surface area contributed by atoms with Gasteiger partial charge in [0.15, 0.2) is 9.84 Å². The standard InChI is InChI=1S/C15H17N3O3S/c16-15-10-17-14(9-18-15)11-1-3-12(4-2-11)22(19,20)13-5-7-21-8-6-13/h1-4,9-10,13H,5-8H2,(H2,16,18). The normalized spacial score (nSPS) is 16.5. The van der Waals surface area contributed by atoms with Crippen LogP contribution in [0.3, 0.4) is 0 Å². The summed E-state index contributed by atoms with van der Waals surface area (Å²) in [6.07, 6.45) is 4.14. The lowest BCUT2D eigenvalue weighted by Crippen LogP contribution is -2.28. The first-order valence-electron chi connectivity index (χ1n) is 7.07. The highest BCUT2D eigenvalue weighted by Crippen LogP contribution is 2.25. The molecule has 116 valence electrons. The summed E-state index contributed by atoms with van der Waals surface area (Å²) in [4.78, 5) is 8.50. The monoisotopic (exact) mass is 319 g/mol. The van der Waals surface area contributed by atoms with E-state index in [1.807, 2.05) is 0 Å². The lowest BCUT2D eigenvalue weighted by Gasteiger charge is -2.22. The highest BCUT2D eigenvalue weighted by atomic mass is 32.2. The van der Waals surface area contributed by atoms with Crippen LogP contribution in [0, 0.1) is 0 Å². The topological polar surface area (TPSA) is 95.2 Å². The fraction of sp³-hybridized carbons (Fsp3) is 0.333. The number of nitrogen functional groups attached to an aromatic ring is 1. The Morgan fingerprint density at radius 3 is 2.32 bits per heavy atom. The van der Waals surface area contributed by atoms with Crippen molar-refractivity contribution in [2.75, 3.05) is 18.9 Å². The van der Waals surface area contributed by atoms with E-state index in [2.05, 4.69) is 9.97 Å². The van der Waals surface area contributed by atoms with Crippen LogP contribution < -0.4 is 5.73 Å². The molecule has 22 heavy (non-hydrogen) atoms. The van der Waals surface area contributed by atoms with Crippen molar-refractivity contribution >= 4 is 15.7 Å². The number of nitrogens with two attached hydrogens (primary N) is 1. The maximum atomic E-state index is 12.6. The van der Waals surface area contributed by atoms with Crippen molar-refractivity contribution in [3.63, 3.8) is 0 Å². The van der Waals surface area contributed by atoms with Crippen LogP contribution in [0.4, 0.5) is 5.82 Å². The molecule has 6 nitrogen and oxygen atoms in total. The third-order valence-corrected chi connectivity index (χ3v) is 6.04. The zero-order chi connectivity index (χ0) is 15.6. The first-order valence-corrected chi connectivity index (χ1v) is 8.61. The van der Waals surface area contributed by atoms with Crippen LogP contribution in [0.1, 0.15) is 12.8 Å². The second-order valence-corrected chi connectivity index (χ2v) is 7.44. The summed E-state index contributed by atoms with van der Waals surface area (Å²) in [5.74, 6) is 0.350. The van der Waals surface area contributed by atoms with Crippen LogP contribution in [0.15, 0.2) is 41.6 Å². The highest BCUT2D eigenvalue weighted by molar-refractivity contribution is 7.92. The number of anilines is 1.